The van der Waals surface area contributed by atoms with Gasteiger partial charge in [-0.25, -0.2) is 19.3 Å². The van der Waals surface area contributed by atoms with Gasteiger partial charge in [0.2, 0.25) is 0 Å². The zero-order valence-corrected chi connectivity index (χ0v) is 25.6. The van der Waals surface area contributed by atoms with E-state index < -0.39 is 8.07 Å². The molecule has 0 radical (unpaired) electrons. The normalized spacial score (nSPS) is 17.7. The molecule has 1 saturated heterocycles. The molecule has 0 N–H and O–H groups in total. The van der Waals surface area contributed by atoms with E-state index in [0.29, 0.717) is 32.1 Å². The second kappa shape index (κ2) is 11.5. The summed E-state index contributed by atoms with van der Waals surface area (Å²) in [5.41, 5.74) is 3.49. The van der Waals surface area contributed by atoms with Crippen molar-refractivity contribution in [2.45, 2.75) is 62.7 Å². The monoisotopic (exact) mass is 590 g/mol. The molecule has 9 nitrogen and oxygen atoms in total. The van der Waals surface area contributed by atoms with Gasteiger partial charge in [-0.3, -0.25) is 4.68 Å². The maximum Gasteiger partial charge on any atom is 0.166 e. The lowest BCUT2D eigenvalue weighted by molar-refractivity contribution is 0.0899. The zero-order chi connectivity index (χ0) is 28.6. The highest BCUT2D eigenvalue weighted by Crippen LogP contribution is 2.37. The molecular weight excluding hydrogens is 556 g/mol. The van der Waals surface area contributed by atoms with Gasteiger partial charge in [-0.1, -0.05) is 19.6 Å². The summed E-state index contributed by atoms with van der Waals surface area (Å²) in [5.74, 6) is 1.26. The molecule has 0 spiro atoms. The second-order valence-corrected chi connectivity index (χ2v) is 18.8. The molecule has 41 heavy (non-hydrogen) atoms. The van der Waals surface area contributed by atoms with Crippen molar-refractivity contribution < 1.29 is 9.13 Å². The van der Waals surface area contributed by atoms with Gasteiger partial charge in [-0.15, -0.1) is 11.8 Å². The molecule has 6 rings (SSSR count). The standard InChI is InChI=1S/C29H35FN8OSSi/c1-41(2,3)13-11-39-19-37-10-6-23-26(32-18-33-27(23)37)22-15-34-38(17-22)25(4-8-31)21-5-9-36(16-21)28-24(30)14-20-7-12-40-29(20)35-28/h6,10,14-15,17-18,21,25H,4-5,7,9,11-13,16,19H2,1-3H3/t21-,25?/m0/s1. The number of aromatic nitrogens is 6. The summed E-state index contributed by atoms with van der Waals surface area (Å²) < 4.78 is 24.8. The third-order valence-corrected chi connectivity index (χ3v) is 10.7. The maximum absolute atomic E-state index is 14.9. The zero-order valence-electron chi connectivity index (χ0n) is 23.8. The van der Waals surface area contributed by atoms with Crippen molar-refractivity contribution in [1.29, 1.82) is 5.26 Å². The van der Waals surface area contributed by atoms with Crippen molar-refractivity contribution in [3.8, 4) is 17.3 Å². The van der Waals surface area contributed by atoms with Crippen LogP contribution in [0.15, 0.2) is 42.1 Å². The number of hydrogen-bond donors (Lipinski definition) is 0. The minimum Gasteiger partial charge on any atom is -0.361 e. The molecule has 2 atom stereocenters. The molecule has 0 aliphatic carbocycles. The van der Waals surface area contributed by atoms with Crippen LogP contribution in [0, 0.1) is 23.1 Å². The molecule has 214 valence electrons. The number of anilines is 1. The summed E-state index contributed by atoms with van der Waals surface area (Å²) in [6, 6.07) is 6.99. The van der Waals surface area contributed by atoms with Gasteiger partial charge in [-0.2, -0.15) is 10.4 Å². The van der Waals surface area contributed by atoms with E-state index in [1.165, 1.54) is 0 Å². The van der Waals surface area contributed by atoms with E-state index in [-0.39, 0.29) is 17.8 Å². The SMILES string of the molecule is C[Si](C)(C)CCOCn1ccc2c(-c3cnn(C(CC#N)[C@H]4CCN(c5nc6c(cc5F)CCS6)C4)c3)ncnc21. The number of hydrogen-bond acceptors (Lipinski definition) is 8. The van der Waals surface area contributed by atoms with Crippen molar-refractivity contribution in [3.63, 3.8) is 0 Å². The lowest BCUT2D eigenvalue weighted by atomic mass is 9.96. The molecule has 2 aliphatic heterocycles. The fraction of sp³-hybridized carbons (Fsp3) is 0.483. The van der Waals surface area contributed by atoms with Crippen molar-refractivity contribution in [2.24, 2.45) is 5.92 Å². The van der Waals surface area contributed by atoms with Crippen LogP contribution in [0.3, 0.4) is 0 Å². The van der Waals surface area contributed by atoms with Crippen LogP contribution in [0.1, 0.15) is 24.4 Å². The summed E-state index contributed by atoms with van der Waals surface area (Å²) in [5, 5.41) is 16.2. The number of pyridine rings is 1. The Morgan fingerprint density at radius 1 is 1.29 bits per heavy atom. The summed E-state index contributed by atoms with van der Waals surface area (Å²) in [7, 11) is -1.15. The summed E-state index contributed by atoms with van der Waals surface area (Å²) in [6.45, 7) is 9.55. The Morgan fingerprint density at radius 3 is 3.00 bits per heavy atom. The van der Waals surface area contributed by atoms with Crippen LogP contribution in [0.5, 0.6) is 0 Å². The van der Waals surface area contributed by atoms with Crippen LogP contribution in [0.4, 0.5) is 10.2 Å². The van der Waals surface area contributed by atoms with Crippen molar-refractivity contribution in [2.75, 3.05) is 30.3 Å². The minimum atomic E-state index is -1.15. The van der Waals surface area contributed by atoms with Crippen LogP contribution in [0.25, 0.3) is 22.3 Å². The first-order valence-electron chi connectivity index (χ1n) is 14.2. The Kier molecular flexibility index (Phi) is 7.85. The van der Waals surface area contributed by atoms with E-state index in [1.54, 1.807) is 30.4 Å². The molecule has 4 aromatic rings. The number of rotatable bonds is 10. The maximum atomic E-state index is 14.9. The van der Waals surface area contributed by atoms with E-state index in [9.17, 15) is 9.65 Å². The topological polar surface area (TPSA) is 97.7 Å². The number of ether oxygens (including phenoxy) is 1. The van der Waals surface area contributed by atoms with Gasteiger partial charge < -0.3 is 14.2 Å². The molecule has 1 unspecified atom stereocenters. The van der Waals surface area contributed by atoms with Crippen molar-refractivity contribution >= 4 is 36.7 Å². The van der Waals surface area contributed by atoms with Gasteiger partial charge in [0.15, 0.2) is 11.6 Å². The first-order valence-corrected chi connectivity index (χ1v) is 18.9. The largest absolute Gasteiger partial charge is 0.361 e. The van der Waals surface area contributed by atoms with Crippen LogP contribution in [-0.4, -0.2) is 62.8 Å². The third kappa shape index (κ3) is 5.89. The number of nitrogens with zero attached hydrogens (tertiary/aromatic N) is 8. The first kappa shape index (κ1) is 27.9. The molecule has 2 aliphatic rings. The van der Waals surface area contributed by atoms with Gasteiger partial charge in [0, 0.05) is 62.8 Å². The highest BCUT2D eigenvalue weighted by atomic mass is 32.2. The number of nitriles is 1. The van der Waals surface area contributed by atoms with Gasteiger partial charge in [-0.05, 0) is 36.6 Å². The number of aryl methyl sites for hydroxylation is 1. The van der Waals surface area contributed by atoms with Gasteiger partial charge in [0.05, 0.1) is 30.4 Å². The second-order valence-electron chi connectivity index (χ2n) is 12.1. The Balaban J connectivity index is 1.19. The number of halogens is 1. The van der Waals surface area contributed by atoms with E-state index in [0.717, 1.165) is 64.1 Å². The van der Waals surface area contributed by atoms with E-state index in [1.807, 2.05) is 32.6 Å². The van der Waals surface area contributed by atoms with Crippen LogP contribution < -0.4 is 4.90 Å². The van der Waals surface area contributed by atoms with Crippen LogP contribution in [-0.2, 0) is 17.9 Å². The highest BCUT2D eigenvalue weighted by molar-refractivity contribution is 7.99. The molecule has 1 fully saturated rings. The fourth-order valence-electron chi connectivity index (χ4n) is 5.67. The van der Waals surface area contributed by atoms with E-state index in [2.05, 4.69) is 45.8 Å². The average Bonchev–Trinajstić information content (AvgIpc) is 3.75. The summed E-state index contributed by atoms with van der Waals surface area (Å²) in [4.78, 5) is 15.8. The minimum absolute atomic E-state index is 0.132. The van der Waals surface area contributed by atoms with Gasteiger partial charge in [0.25, 0.3) is 0 Å². The third-order valence-electron chi connectivity index (χ3n) is 7.97. The Labute approximate surface area is 244 Å². The highest BCUT2D eigenvalue weighted by Gasteiger charge is 2.34. The molecule has 4 aromatic heterocycles. The lowest BCUT2D eigenvalue weighted by Gasteiger charge is -2.23. The molecule has 0 amide bonds. The van der Waals surface area contributed by atoms with E-state index >= 15 is 0 Å². The first-order chi connectivity index (χ1) is 19.8. The Hall–Kier alpha value is -3.27. The van der Waals surface area contributed by atoms with E-state index in [4.69, 9.17) is 4.74 Å². The lowest BCUT2D eigenvalue weighted by Crippen LogP contribution is -2.26. The van der Waals surface area contributed by atoms with Crippen molar-refractivity contribution in [3.05, 3.63) is 48.4 Å². The fourth-order valence-corrected chi connectivity index (χ4v) is 7.44. The molecule has 12 heteroatoms. The number of thioether (sulfide) groups is 1. The van der Waals surface area contributed by atoms with Gasteiger partial charge in [0.1, 0.15) is 23.7 Å². The molecule has 6 heterocycles. The Morgan fingerprint density at radius 2 is 2.17 bits per heavy atom. The van der Waals surface area contributed by atoms with Crippen molar-refractivity contribution in [1.82, 2.24) is 29.3 Å². The summed E-state index contributed by atoms with van der Waals surface area (Å²) >= 11 is 1.69. The summed E-state index contributed by atoms with van der Waals surface area (Å²) in [6.07, 6.45) is 9.36. The Bertz CT molecular complexity index is 1590. The molecule has 0 saturated carbocycles. The molecular formula is C29H35FN8OSSi. The average molecular weight is 591 g/mol. The van der Waals surface area contributed by atoms with Gasteiger partial charge >= 0.3 is 0 Å². The number of fused-ring (bicyclic) bond motifs is 2. The van der Waals surface area contributed by atoms with Crippen LogP contribution in [0.2, 0.25) is 25.7 Å². The predicted octanol–water partition coefficient (Wildman–Crippen LogP) is 5.77. The predicted molar refractivity (Wildman–Crippen MR) is 161 cm³/mol. The van der Waals surface area contributed by atoms with Crippen LogP contribution >= 0.6 is 11.8 Å². The molecule has 0 bridgehead atoms. The quantitative estimate of drug-likeness (QED) is 0.170. The molecule has 0 aromatic carbocycles. The smallest absolute Gasteiger partial charge is 0.166 e.